The van der Waals surface area contributed by atoms with Crippen LogP contribution < -0.4 is 5.32 Å². The zero-order valence-electron chi connectivity index (χ0n) is 8.64. The zero-order chi connectivity index (χ0) is 10.4. The normalized spacial score (nSPS) is 12.7. The lowest BCUT2D eigenvalue weighted by atomic mass is 10.2. The maximum Gasteiger partial charge on any atom is 0.0972 e. The maximum absolute atomic E-state index is 8.86. The van der Waals surface area contributed by atoms with Crippen LogP contribution in [0.5, 0.6) is 0 Å². The Hall–Kier alpha value is -1.34. The molecule has 0 radical (unpaired) electrons. The first-order valence-electron chi connectivity index (χ1n) is 4.85. The molecule has 1 heterocycles. The molecule has 0 bridgehead atoms. The van der Waals surface area contributed by atoms with E-state index in [0.717, 1.165) is 13.0 Å². The summed E-state index contributed by atoms with van der Waals surface area (Å²) in [5, 5.41) is 16.1. The van der Waals surface area contributed by atoms with E-state index in [1.165, 1.54) is 0 Å². The third kappa shape index (κ3) is 3.58. The summed E-state index contributed by atoms with van der Waals surface area (Å²) in [4.78, 5) is 0. The minimum atomic E-state index is -0.0841. The fraction of sp³-hybridized carbons (Fsp3) is 0.600. The predicted octanol–water partition coefficient (Wildman–Crippen LogP) is 1.16. The Bertz CT molecular complexity index is 284. The average molecular weight is 192 g/mol. The van der Waals surface area contributed by atoms with Gasteiger partial charge in [0.2, 0.25) is 0 Å². The molecule has 0 spiro atoms. The van der Waals surface area contributed by atoms with Gasteiger partial charge in [-0.25, -0.2) is 0 Å². The van der Waals surface area contributed by atoms with Crippen LogP contribution in [0.1, 0.15) is 20.3 Å². The molecule has 1 N–H and O–H groups in total. The second kappa shape index (κ2) is 5.40. The molecule has 0 aromatic carbocycles. The summed E-state index contributed by atoms with van der Waals surface area (Å²) >= 11 is 0. The molecule has 14 heavy (non-hydrogen) atoms. The molecule has 1 aromatic rings. The summed E-state index contributed by atoms with van der Waals surface area (Å²) in [7, 11) is 0. The number of aromatic nitrogens is 2. The van der Waals surface area contributed by atoms with Crippen molar-refractivity contribution in [3.63, 3.8) is 0 Å². The molecule has 0 aliphatic carbocycles. The predicted molar refractivity (Wildman–Crippen MR) is 54.5 cm³/mol. The Balaban J connectivity index is 2.32. The van der Waals surface area contributed by atoms with Crippen LogP contribution in [0.3, 0.4) is 0 Å². The van der Waals surface area contributed by atoms with Crippen molar-refractivity contribution in [3.05, 3.63) is 18.5 Å². The van der Waals surface area contributed by atoms with Crippen molar-refractivity contribution >= 4 is 0 Å². The van der Waals surface area contributed by atoms with Crippen LogP contribution in [0.4, 0.5) is 0 Å². The zero-order valence-corrected chi connectivity index (χ0v) is 8.64. The van der Waals surface area contributed by atoms with Gasteiger partial charge < -0.3 is 0 Å². The molecule has 0 fully saturated rings. The summed E-state index contributed by atoms with van der Waals surface area (Å²) in [5.41, 5.74) is 0. The largest absolute Gasteiger partial charge is 0.300 e. The third-order valence-electron chi connectivity index (χ3n) is 1.90. The molecule has 1 atom stereocenters. The van der Waals surface area contributed by atoms with Crippen LogP contribution in [0.15, 0.2) is 18.5 Å². The van der Waals surface area contributed by atoms with Gasteiger partial charge in [-0.1, -0.05) is 0 Å². The van der Waals surface area contributed by atoms with E-state index in [1.807, 2.05) is 30.8 Å². The number of nitriles is 1. The highest BCUT2D eigenvalue weighted by Crippen LogP contribution is 1.96. The average Bonchev–Trinajstić information content (AvgIpc) is 2.64. The number of hydrogen-bond acceptors (Lipinski definition) is 3. The Morgan fingerprint density at radius 2 is 2.36 bits per heavy atom. The van der Waals surface area contributed by atoms with Crippen molar-refractivity contribution in [2.75, 3.05) is 0 Å². The monoisotopic (exact) mass is 192 g/mol. The molecule has 0 aliphatic heterocycles. The van der Waals surface area contributed by atoms with Gasteiger partial charge in [-0.05, 0) is 26.3 Å². The van der Waals surface area contributed by atoms with Crippen LogP contribution >= 0.6 is 0 Å². The number of aryl methyl sites for hydroxylation is 1. The summed E-state index contributed by atoms with van der Waals surface area (Å²) in [6, 6.07) is 4.39. The topological polar surface area (TPSA) is 53.6 Å². The van der Waals surface area contributed by atoms with E-state index in [0.29, 0.717) is 6.04 Å². The Morgan fingerprint density at radius 3 is 2.86 bits per heavy atom. The molecule has 0 amide bonds. The van der Waals surface area contributed by atoms with Gasteiger partial charge in [-0.2, -0.15) is 10.4 Å². The SMILES string of the molecule is CC(C)NC(C#N)CCn1cccn1. The van der Waals surface area contributed by atoms with Gasteiger partial charge >= 0.3 is 0 Å². The van der Waals surface area contributed by atoms with Crippen LogP contribution in [0.2, 0.25) is 0 Å². The third-order valence-corrected chi connectivity index (χ3v) is 1.90. The fourth-order valence-corrected chi connectivity index (χ4v) is 1.28. The second-order valence-electron chi connectivity index (χ2n) is 3.56. The van der Waals surface area contributed by atoms with E-state index in [9.17, 15) is 0 Å². The molecule has 76 valence electrons. The van der Waals surface area contributed by atoms with Crippen LogP contribution in [0.25, 0.3) is 0 Å². The first-order valence-corrected chi connectivity index (χ1v) is 4.85. The van der Waals surface area contributed by atoms with Gasteiger partial charge in [0.1, 0.15) is 0 Å². The first kappa shape index (κ1) is 10.7. The summed E-state index contributed by atoms with van der Waals surface area (Å²) in [5.74, 6) is 0. The van der Waals surface area contributed by atoms with Gasteiger partial charge in [0, 0.05) is 25.0 Å². The summed E-state index contributed by atoms with van der Waals surface area (Å²) in [6.45, 7) is 4.86. The maximum atomic E-state index is 8.86. The van der Waals surface area contributed by atoms with Crippen LogP contribution in [-0.2, 0) is 6.54 Å². The summed E-state index contributed by atoms with van der Waals surface area (Å²) in [6.07, 6.45) is 4.44. The van der Waals surface area contributed by atoms with Crippen molar-refractivity contribution in [1.29, 1.82) is 5.26 Å². The highest BCUT2D eigenvalue weighted by Gasteiger charge is 2.07. The van der Waals surface area contributed by atoms with Gasteiger partial charge in [-0.15, -0.1) is 0 Å². The molecule has 1 rings (SSSR count). The molecule has 0 saturated carbocycles. The Morgan fingerprint density at radius 1 is 1.57 bits per heavy atom. The van der Waals surface area contributed by atoms with Crippen molar-refractivity contribution in [2.45, 2.75) is 38.9 Å². The lowest BCUT2D eigenvalue weighted by Crippen LogP contribution is -2.34. The second-order valence-corrected chi connectivity index (χ2v) is 3.56. The van der Waals surface area contributed by atoms with Gasteiger partial charge in [0.25, 0.3) is 0 Å². The number of hydrogen-bond donors (Lipinski definition) is 1. The lowest BCUT2D eigenvalue weighted by molar-refractivity contribution is 0.461. The minimum absolute atomic E-state index is 0.0841. The highest BCUT2D eigenvalue weighted by atomic mass is 15.3. The molecule has 1 unspecified atom stereocenters. The van der Waals surface area contributed by atoms with Crippen molar-refractivity contribution < 1.29 is 0 Å². The molecule has 4 heteroatoms. The molecule has 1 aromatic heterocycles. The van der Waals surface area contributed by atoms with E-state index < -0.39 is 0 Å². The summed E-state index contributed by atoms with van der Waals surface area (Å²) < 4.78 is 1.84. The Labute approximate surface area is 84.5 Å². The number of nitrogens with one attached hydrogen (secondary N) is 1. The molecule has 0 aliphatic rings. The quantitative estimate of drug-likeness (QED) is 0.761. The Kier molecular flexibility index (Phi) is 4.14. The van der Waals surface area contributed by atoms with Crippen LogP contribution in [-0.4, -0.2) is 21.9 Å². The molecular formula is C10H16N4. The number of rotatable bonds is 5. The fourth-order valence-electron chi connectivity index (χ4n) is 1.28. The van der Waals surface area contributed by atoms with E-state index in [4.69, 9.17) is 5.26 Å². The van der Waals surface area contributed by atoms with Gasteiger partial charge in [0.15, 0.2) is 0 Å². The van der Waals surface area contributed by atoms with Crippen LogP contribution in [0, 0.1) is 11.3 Å². The number of nitrogens with zero attached hydrogens (tertiary/aromatic N) is 3. The lowest BCUT2D eigenvalue weighted by Gasteiger charge is -2.14. The van der Waals surface area contributed by atoms with E-state index in [-0.39, 0.29) is 6.04 Å². The molecule has 4 nitrogen and oxygen atoms in total. The highest BCUT2D eigenvalue weighted by molar-refractivity contribution is 4.90. The molecule has 0 saturated heterocycles. The van der Waals surface area contributed by atoms with Crippen molar-refractivity contribution in [2.24, 2.45) is 0 Å². The van der Waals surface area contributed by atoms with E-state index in [2.05, 4.69) is 16.5 Å². The standard InChI is InChI=1S/C10H16N4/c1-9(2)13-10(8-11)4-7-14-6-3-5-12-14/h3,5-6,9-10,13H,4,7H2,1-2H3. The van der Waals surface area contributed by atoms with Crippen molar-refractivity contribution in [3.8, 4) is 6.07 Å². The first-order chi connectivity index (χ1) is 6.72. The van der Waals surface area contributed by atoms with E-state index in [1.54, 1.807) is 6.20 Å². The van der Waals surface area contributed by atoms with Gasteiger partial charge in [-0.3, -0.25) is 10.00 Å². The van der Waals surface area contributed by atoms with Crippen molar-refractivity contribution in [1.82, 2.24) is 15.1 Å². The van der Waals surface area contributed by atoms with Gasteiger partial charge in [0.05, 0.1) is 12.1 Å². The van der Waals surface area contributed by atoms with E-state index >= 15 is 0 Å². The molecular weight excluding hydrogens is 176 g/mol. The minimum Gasteiger partial charge on any atom is -0.300 e. The smallest absolute Gasteiger partial charge is 0.0972 e.